The van der Waals surface area contributed by atoms with Gasteiger partial charge in [-0.25, -0.2) is 24.4 Å². The first-order valence-electron chi connectivity index (χ1n) is 2.89. The lowest BCUT2D eigenvalue weighted by atomic mass is 11.0. The number of hydrazine groups is 1. The van der Waals surface area contributed by atoms with E-state index in [2.05, 4.69) is 16.2 Å². The van der Waals surface area contributed by atoms with Crippen molar-refractivity contribution in [3.63, 3.8) is 0 Å². The quantitative estimate of drug-likeness (QED) is 0.406. The van der Waals surface area contributed by atoms with E-state index in [1.807, 2.05) is 0 Å². The molecule has 0 aromatic carbocycles. The van der Waals surface area contributed by atoms with E-state index in [1.165, 1.54) is 11.8 Å². The van der Waals surface area contributed by atoms with Gasteiger partial charge in [-0.15, -0.1) is 0 Å². The van der Waals surface area contributed by atoms with Crippen LogP contribution < -0.4 is 21.3 Å². The van der Waals surface area contributed by atoms with Gasteiger partial charge in [0.1, 0.15) is 5.50 Å². The molecule has 5 N–H and O–H groups in total. The van der Waals surface area contributed by atoms with Crippen LogP contribution in [0.2, 0.25) is 0 Å². The summed E-state index contributed by atoms with van der Waals surface area (Å²) in [5.74, 6) is 0. The van der Waals surface area contributed by atoms with Gasteiger partial charge in [-0.05, 0) is 7.05 Å². The van der Waals surface area contributed by atoms with Crippen LogP contribution in [0.15, 0.2) is 0 Å². The molecule has 11 heavy (non-hydrogen) atoms. The number of sulfonamides is 1. The number of nitrogens with two attached hydrogens (primary N) is 1. The minimum atomic E-state index is -3.50. The fraction of sp³-hybridized carbons (Fsp3) is 1.00. The molecule has 0 radical (unpaired) electrons. The van der Waals surface area contributed by atoms with Crippen molar-refractivity contribution in [2.24, 2.45) is 5.14 Å². The van der Waals surface area contributed by atoms with Crippen molar-refractivity contribution in [2.45, 2.75) is 10.2 Å². The van der Waals surface area contributed by atoms with Gasteiger partial charge in [0, 0.05) is 0 Å². The van der Waals surface area contributed by atoms with Gasteiger partial charge in [-0.2, -0.15) is 0 Å². The molecule has 0 spiro atoms. The van der Waals surface area contributed by atoms with Gasteiger partial charge in [0.25, 0.3) is 0 Å². The van der Waals surface area contributed by atoms with Crippen molar-refractivity contribution < 1.29 is 8.42 Å². The summed E-state index contributed by atoms with van der Waals surface area (Å²) in [6, 6.07) is 0. The van der Waals surface area contributed by atoms with Crippen LogP contribution in [0.1, 0.15) is 0 Å². The molecule has 0 bridgehead atoms. The van der Waals surface area contributed by atoms with Gasteiger partial charge in [-0.1, -0.05) is 11.8 Å². The van der Waals surface area contributed by atoms with Crippen molar-refractivity contribution >= 4 is 21.8 Å². The summed E-state index contributed by atoms with van der Waals surface area (Å²) in [6.45, 7) is 0. The molecule has 0 amide bonds. The first-order chi connectivity index (χ1) is 5.04. The van der Waals surface area contributed by atoms with E-state index < -0.39 is 14.7 Å². The molecule has 2 atom stereocenters. The average Bonchev–Trinajstić information content (AvgIpc) is 2.32. The third-order valence-electron chi connectivity index (χ3n) is 1.15. The minimum absolute atomic E-state index is 0.113. The second-order valence-electron chi connectivity index (χ2n) is 2.01. The van der Waals surface area contributed by atoms with Gasteiger partial charge in [0.2, 0.25) is 10.0 Å². The molecule has 8 heteroatoms. The zero-order valence-corrected chi connectivity index (χ0v) is 7.50. The van der Waals surface area contributed by atoms with Gasteiger partial charge >= 0.3 is 0 Å². The van der Waals surface area contributed by atoms with Crippen molar-refractivity contribution in [3.05, 3.63) is 0 Å². The summed E-state index contributed by atoms with van der Waals surface area (Å²) in [6.07, 6.45) is 0. The van der Waals surface area contributed by atoms with E-state index in [9.17, 15) is 8.42 Å². The molecule has 66 valence electrons. The summed E-state index contributed by atoms with van der Waals surface area (Å²) in [4.78, 5) is 0. The summed E-state index contributed by atoms with van der Waals surface area (Å²) < 4.78 is 20.7. The van der Waals surface area contributed by atoms with E-state index in [0.29, 0.717) is 0 Å². The lowest BCUT2D eigenvalue weighted by Gasteiger charge is -2.04. The molecule has 6 nitrogen and oxygen atoms in total. The molecule has 1 heterocycles. The number of nitrogens with one attached hydrogen (secondary N) is 3. The Hall–Kier alpha value is 0.140. The molecule has 1 aliphatic heterocycles. The predicted octanol–water partition coefficient (Wildman–Crippen LogP) is -2.10. The third-order valence-corrected chi connectivity index (χ3v) is 4.00. The van der Waals surface area contributed by atoms with Crippen LogP contribution in [0.4, 0.5) is 0 Å². The largest absolute Gasteiger partial charge is 0.295 e. The van der Waals surface area contributed by atoms with Crippen molar-refractivity contribution in [1.29, 1.82) is 0 Å². The fourth-order valence-corrected chi connectivity index (χ4v) is 2.48. The number of thioether (sulfide) groups is 1. The lowest BCUT2D eigenvalue weighted by molar-refractivity contribution is 0.523. The molecule has 1 aliphatic rings. The van der Waals surface area contributed by atoms with Crippen molar-refractivity contribution in [1.82, 2.24) is 16.2 Å². The van der Waals surface area contributed by atoms with Crippen LogP contribution >= 0.6 is 11.8 Å². The van der Waals surface area contributed by atoms with Crippen molar-refractivity contribution in [3.8, 4) is 0 Å². The van der Waals surface area contributed by atoms with E-state index in [-0.39, 0.29) is 5.50 Å². The fourth-order valence-electron chi connectivity index (χ4n) is 0.635. The average molecular weight is 198 g/mol. The normalized spacial score (nSPS) is 32.5. The second-order valence-corrected chi connectivity index (χ2v) is 5.18. The van der Waals surface area contributed by atoms with Gasteiger partial charge in [-0.3, -0.25) is 5.32 Å². The SMILES string of the molecule is CN[C@@H]1NN[C@H](S(N)(=O)=O)S1. The Bertz CT molecular complexity index is 227. The summed E-state index contributed by atoms with van der Waals surface area (Å²) in [5.41, 5.74) is 5.13. The van der Waals surface area contributed by atoms with Crippen molar-refractivity contribution in [2.75, 3.05) is 7.05 Å². The smallest absolute Gasteiger partial charge is 0.236 e. The predicted molar refractivity (Wildman–Crippen MR) is 43.6 cm³/mol. The molecule has 1 rings (SSSR count). The topological polar surface area (TPSA) is 96.2 Å². The monoisotopic (exact) mass is 198 g/mol. The molecule has 1 fully saturated rings. The van der Waals surface area contributed by atoms with Crippen LogP contribution in [0.3, 0.4) is 0 Å². The third kappa shape index (κ3) is 2.29. The first-order valence-corrected chi connectivity index (χ1v) is 5.44. The van der Waals surface area contributed by atoms with Gasteiger partial charge in [0.05, 0.1) is 0 Å². The Labute approximate surface area is 69.3 Å². The Kier molecular flexibility index (Phi) is 2.73. The second kappa shape index (κ2) is 3.25. The number of hydrogen-bond acceptors (Lipinski definition) is 6. The van der Waals surface area contributed by atoms with Gasteiger partial charge < -0.3 is 0 Å². The lowest BCUT2D eigenvalue weighted by Crippen LogP contribution is -2.42. The first kappa shape index (κ1) is 9.23. The maximum absolute atomic E-state index is 10.7. The molecule has 0 unspecified atom stereocenters. The van der Waals surface area contributed by atoms with E-state index >= 15 is 0 Å². The number of rotatable bonds is 2. The molecular weight excluding hydrogens is 188 g/mol. The number of primary sulfonamides is 1. The molecule has 0 saturated carbocycles. The highest BCUT2D eigenvalue weighted by Gasteiger charge is 2.31. The Morgan fingerprint density at radius 1 is 1.55 bits per heavy atom. The summed E-state index contributed by atoms with van der Waals surface area (Å²) >= 11 is 1.17. The Morgan fingerprint density at radius 2 is 2.18 bits per heavy atom. The van der Waals surface area contributed by atoms with E-state index in [1.54, 1.807) is 7.05 Å². The molecular formula is C3H10N4O2S2. The van der Waals surface area contributed by atoms with Crippen LogP contribution in [0.5, 0.6) is 0 Å². The maximum Gasteiger partial charge on any atom is 0.236 e. The minimum Gasteiger partial charge on any atom is -0.295 e. The zero-order chi connectivity index (χ0) is 8.48. The highest BCUT2D eigenvalue weighted by atomic mass is 32.3. The zero-order valence-electron chi connectivity index (χ0n) is 5.87. The van der Waals surface area contributed by atoms with E-state index in [0.717, 1.165) is 0 Å². The highest BCUT2D eigenvalue weighted by molar-refractivity contribution is 8.13. The molecule has 1 saturated heterocycles. The van der Waals surface area contributed by atoms with Crippen LogP contribution in [0.25, 0.3) is 0 Å². The van der Waals surface area contributed by atoms with Crippen LogP contribution in [-0.4, -0.2) is 25.7 Å². The van der Waals surface area contributed by atoms with Gasteiger partial charge in [0.15, 0.2) is 4.71 Å². The van der Waals surface area contributed by atoms with Crippen LogP contribution in [-0.2, 0) is 10.0 Å². The highest BCUT2D eigenvalue weighted by Crippen LogP contribution is 2.19. The molecule has 0 aromatic rings. The van der Waals surface area contributed by atoms with E-state index in [4.69, 9.17) is 5.14 Å². The maximum atomic E-state index is 10.7. The van der Waals surface area contributed by atoms with Crippen LogP contribution in [0, 0.1) is 0 Å². The Morgan fingerprint density at radius 3 is 2.45 bits per heavy atom. The standard InChI is InChI=1S/C3H10N4O2S2/c1-5-2-6-7-3(10-2)11(4,8)9/h2-3,5-7H,1H3,(H2,4,8,9)/t2-,3+/m1/s1. The number of hydrogen-bond donors (Lipinski definition) is 4. The molecule has 0 aliphatic carbocycles. The Balaban J connectivity index is 2.55. The summed E-state index contributed by atoms with van der Waals surface area (Å²) in [7, 11) is -1.78. The molecule has 0 aromatic heterocycles. The summed E-state index contributed by atoms with van der Waals surface area (Å²) in [5, 5.41) is 7.71.